The molecule has 240 valence electrons. The zero-order valence-electron chi connectivity index (χ0n) is 28.4. The Hall–Kier alpha value is -6.45. The summed E-state index contributed by atoms with van der Waals surface area (Å²) in [5.74, 6) is 1.96. The van der Waals surface area contributed by atoms with E-state index in [4.69, 9.17) is 15.0 Å². The average molecular weight is 652 g/mol. The van der Waals surface area contributed by atoms with E-state index in [-0.39, 0.29) is 5.41 Å². The third kappa shape index (κ3) is 4.62. The molecule has 1 heterocycles. The predicted molar refractivity (Wildman–Crippen MR) is 212 cm³/mol. The van der Waals surface area contributed by atoms with Crippen LogP contribution in [0.5, 0.6) is 0 Å². The lowest BCUT2D eigenvalue weighted by Gasteiger charge is -2.22. The first-order valence-corrected chi connectivity index (χ1v) is 17.5. The highest BCUT2D eigenvalue weighted by molar-refractivity contribution is 6.06. The molecule has 0 amide bonds. The van der Waals surface area contributed by atoms with Crippen LogP contribution in [0.15, 0.2) is 164 Å². The van der Waals surface area contributed by atoms with Gasteiger partial charge < -0.3 is 0 Å². The first-order chi connectivity index (χ1) is 25.0. The summed E-state index contributed by atoms with van der Waals surface area (Å²) in [4.78, 5) is 16.0. The highest BCUT2D eigenvalue weighted by atomic mass is 15.0. The third-order valence-electron chi connectivity index (χ3n) is 10.7. The number of aromatic nitrogens is 3. The fourth-order valence-corrected chi connectivity index (χ4v) is 8.20. The molecule has 9 aromatic rings. The maximum absolute atomic E-state index is 5.39. The SMILES string of the molecule is CC1(C)c2ccccc2-c2c(-c3ccc4ccccc4c3-c3nc(-c4ccc5ccccc5c4)nc(-c4cccc5ccccc45)n3)cccc21. The van der Waals surface area contributed by atoms with E-state index in [9.17, 15) is 0 Å². The topological polar surface area (TPSA) is 38.7 Å². The van der Waals surface area contributed by atoms with Crippen LogP contribution in [0.1, 0.15) is 25.0 Å². The Kier molecular flexibility index (Phi) is 6.53. The first kappa shape index (κ1) is 29.5. The quantitative estimate of drug-likeness (QED) is 0.190. The van der Waals surface area contributed by atoms with Crippen molar-refractivity contribution in [1.82, 2.24) is 15.0 Å². The molecule has 8 aromatic carbocycles. The molecule has 0 bridgehead atoms. The van der Waals surface area contributed by atoms with Crippen LogP contribution in [0.3, 0.4) is 0 Å². The van der Waals surface area contributed by atoms with Gasteiger partial charge in [0.1, 0.15) is 0 Å². The van der Waals surface area contributed by atoms with Gasteiger partial charge in [-0.15, -0.1) is 0 Å². The third-order valence-corrected chi connectivity index (χ3v) is 10.7. The van der Waals surface area contributed by atoms with E-state index < -0.39 is 0 Å². The molecule has 1 aliphatic rings. The van der Waals surface area contributed by atoms with Crippen molar-refractivity contribution < 1.29 is 0 Å². The highest BCUT2D eigenvalue weighted by Crippen LogP contribution is 2.53. The van der Waals surface area contributed by atoms with Gasteiger partial charge in [-0.1, -0.05) is 172 Å². The van der Waals surface area contributed by atoms with Crippen LogP contribution in [-0.2, 0) is 5.41 Å². The number of hydrogen-bond donors (Lipinski definition) is 0. The van der Waals surface area contributed by atoms with Gasteiger partial charge in [-0.05, 0) is 71.8 Å². The van der Waals surface area contributed by atoms with Gasteiger partial charge in [0.25, 0.3) is 0 Å². The maximum atomic E-state index is 5.39. The van der Waals surface area contributed by atoms with Crippen LogP contribution in [0.2, 0.25) is 0 Å². The molecule has 0 saturated carbocycles. The number of nitrogens with zero attached hydrogens (tertiary/aromatic N) is 3. The van der Waals surface area contributed by atoms with Crippen LogP contribution in [0.25, 0.3) is 88.7 Å². The summed E-state index contributed by atoms with van der Waals surface area (Å²) in [6, 6.07) is 58.4. The molecule has 0 spiro atoms. The summed E-state index contributed by atoms with van der Waals surface area (Å²) in [5.41, 5.74) is 10.4. The summed E-state index contributed by atoms with van der Waals surface area (Å²) >= 11 is 0. The highest BCUT2D eigenvalue weighted by Gasteiger charge is 2.37. The Balaban J connectivity index is 1.30. The van der Waals surface area contributed by atoms with Gasteiger partial charge in [0.2, 0.25) is 0 Å². The molecule has 1 aliphatic carbocycles. The van der Waals surface area contributed by atoms with E-state index in [1.165, 1.54) is 33.2 Å². The molecule has 51 heavy (non-hydrogen) atoms. The number of rotatable bonds is 4. The maximum Gasteiger partial charge on any atom is 0.165 e. The smallest absolute Gasteiger partial charge is 0.165 e. The Labute approximate surface area is 297 Å². The van der Waals surface area contributed by atoms with Crippen LogP contribution >= 0.6 is 0 Å². The normalized spacial score (nSPS) is 13.1. The molecule has 3 nitrogen and oxygen atoms in total. The lowest BCUT2D eigenvalue weighted by atomic mass is 9.81. The summed E-state index contributed by atoms with van der Waals surface area (Å²) in [6.45, 7) is 4.67. The molecule has 0 fully saturated rings. The summed E-state index contributed by atoms with van der Waals surface area (Å²) in [5, 5.41) is 6.84. The molecule has 0 radical (unpaired) electrons. The largest absolute Gasteiger partial charge is 0.208 e. The fourth-order valence-electron chi connectivity index (χ4n) is 8.20. The van der Waals surface area contributed by atoms with Crippen LogP contribution in [0, 0.1) is 0 Å². The molecule has 1 aromatic heterocycles. The van der Waals surface area contributed by atoms with Crippen LogP contribution in [0.4, 0.5) is 0 Å². The summed E-state index contributed by atoms with van der Waals surface area (Å²) in [7, 11) is 0. The van der Waals surface area contributed by atoms with E-state index in [0.717, 1.165) is 49.2 Å². The lowest BCUT2D eigenvalue weighted by molar-refractivity contribution is 0.660. The molecule has 3 heteroatoms. The van der Waals surface area contributed by atoms with Crippen molar-refractivity contribution in [3.63, 3.8) is 0 Å². The van der Waals surface area contributed by atoms with Gasteiger partial charge >= 0.3 is 0 Å². The second-order valence-electron chi connectivity index (χ2n) is 14.0. The van der Waals surface area contributed by atoms with Crippen molar-refractivity contribution in [2.24, 2.45) is 0 Å². The van der Waals surface area contributed by atoms with Crippen molar-refractivity contribution in [1.29, 1.82) is 0 Å². The zero-order valence-corrected chi connectivity index (χ0v) is 28.4. The molecular formula is C48H33N3. The minimum atomic E-state index is -0.114. The standard InChI is InChI=1S/C48H33N3/c1-48(2)41-23-10-9-20-40(41)43-37(21-12-24-42(43)48)38-28-27-32-15-6-8-19-36(32)44(38)47-50-45(34-26-25-30-13-3-4-16-33(30)29-34)49-46(51-47)39-22-11-17-31-14-5-7-18-35(31)39/h3-29H,1-2H3. The monoisotopic (exact) mass is 651 g/mol. The Morgan fingerprint density at radius 2 is 0.902 bits per heavy atom. The first-order valence-electron chi connectivity index (χ1n) is 17.5. The Morgan fingerprint density at radius 1 is 0.353 bits per heavy atom. The second-order valence-corrected chi connectivity index (χ2v) is 14.0. The average Bonchev–Trinajstić information content (AvgIpc) is 3.43. The van der Waals surface area contributed by atoms with E-state index in [0.29, 0.717) is 17.5 Å². The van der Waals surface area contributed by atoms with Crippen LogP contribution < -0.4 is 0 Å². The lowest BCUT2D eigenvalue weighted by Crippen LogP contribution is -2.14. The molecular weight excluding hydrogens is 619 g/mol. The van der Waals surface area contributed by atoms with Gasteiger partial charge in [0, 0.05) is 22.1 Å². The molecule has 10 rings (SSSR count). The zero-order chi connectivity index (χ0) is 34.1. The van der Waals surface area contributed by atoms with Crippen molar-refractivity contribution in [2.75, 3.05) is 0 Å². The van der Waals surface area contributed by atoms with Gasteiger partial charge in [-0.25, -0.2) is 15.0 Å². The molecule has 0 N–H and O–H groups in total. The van der Waals surface area contributed by atoms with Crippen molar-refractivity contribution >= 4 is 32.3 Å². The minimum Gasteiger partial charge on any atom is -0.208 e. The summed E-state index contributed by atoms with van der Waals surface area (Å²) in [6.07, 6.45) is 0. The number of benzene rings is 8. The molecule has 0 saturated heterocycles. The molecule has 0 atom stereocenters. The van der Waals surface area contributed by atoms with Gasteiger partial charge in [-0.3, -0.25) is 0 Å². The second kappa shape index (κ2) is 11.3. The van der Waals surface area contributed by atoms with E-state index in [1.54, 1.807) is 0 Å². The van der Waals surface area contributed by atoms with E-state index >= 15 is 0 Å². The van der Waals surface area contributed by atoms with Crippen molar-refractivity contribution in [2.45, 2.75) is 19.3 Å². The van der Waals surface area contributed by atoms with E-state index in [1.807, 2.05) is 0 Å². The summed E-state index contributed by atoms with van der Waals surface area (Å²) < 4.78 is 0. The van der Waals surface area contributed by atoms with Crippen LogP contribution in [-0.4, -0.2) is 15.0 Å². The molecule has 0 aliphatic heterocycles. The van der Waals surface area contributed by atoms with Crippen molar-refractivity contribution in [3.8, 4) is 56.4 Å². The van der Waals surface area contributed by atoms with Gasteiger partial charge in [-0.2, -0.15) is 0 Å². The van der Waals surface area contributed by atoms with Crippen molar-refractivity contribution in [3.05, 3.63) is 175 Å². The van der Waals surface area contributed by atoms with Gasteiger partial charge in [0.05, 0.1) is 0 Å². The van der Waals surface area contributed by atoms with Gasteiger partial charge in [0.15, 0.2) is 17.5 Å². The number of hydrogen-bond acceptors (Lipinski definition) is 3. The number of fused-ring (bicyclic) bond motifs is 6. The fraction of sp³-hybridized carbons (Fsp3) is 0.0625. The Bertz CT molecular complexity index is 2840. The molecule has 0 unspecified atom stereocenters. The predicted octanol–water partition coefficient (Wildman–Crippen LogP) is 12.3. The minimum absolute atomic E-state index is 0.114. The Morgan fingerprint density at radius 3 is 1.76 bits per heavy atom. The van der Waals surface area contributed by atoms with E-state index in [2.05, 4.69) is 178 Å².